The number of methoxy groups -OCH3 is 1. The smallest absolute Gasteiger partial charge is 0.129 e. The minimum Gasteiger partial charge on any atom is -0.392 e. The van der Waals surface area contributed by atoms with Crippen LogP contribution in [0.4, 0.5) is 0 Å². The lowest BCUT2D eigenvalue weighted by Crippen LogP contribution is -2.87. The van der Waals surface area contributed by atoms with Crippen LogP contribution in [0.15, 0.2) is 0 Å². The Bertz CT molecular complexity index is 766. The maximum absolute atomic E-state index is 12.3. The molecule has 29 heavy (non-hydrogen) atoms. The maximum Gasteiger partial charge on any atom is 0.129 e. The number of likely N-dealkylation sites (tertiary alicyclic amines) is 1. The van der Waals surface area contributed by atoms with Crippen molar-refractivity contribution in [2.45, 2.75) is 87.1 Å². The standard InChI is InChI=1S/C22H35NO6/c1-4-23-10-18(2)6-5-15(24)21-13-7-11-12(29-3)8-20(27,22(13,28)16(11)25)19(26,17(21)23)9-14(18)21/h11-17,24-28H,4-10H2,1-3H3/t11-,12+,13+,14-,15+,16+,17-,18+,19-,20+,21-,22+/m1/s1. The first-order chi connectivity index (χ1) is 13.6. The first kappa shape index (κ1) is 19.4. The Kier molecular flexibility index (Phi) is 3.48. The number of ether oxygens (including phenoxy) is 1. The van der Waals surface area contributed by atoms with Gasteiger partial charge in [-0.1, -0.05) is 13.8 Å². The van der Waals surface area contributed by atoms with Crippen LogP contribution in [-0.4, -0.2) is 91.8 Å². The summed E-state index contributed by atoms with van der Waals surface area (Å²) in [6.07, 6.45) is 0.207. The van der Waals surface area contributed by atoms with Crippen molar-refractivity contribution in [2.75, 3.05) is 20.2 Å². The Morgan fingerprint density at radius 1 is 1.10 bits per heavy atom. The molecule has 1 spiro atoms. The fraction of sp³-hybridized carbons (Fsp3) is 1.00. The molecule has 12 atom stereocenters. The third-order valence-electron chi connectivity index (χ3n) is 10.9. The highest BCUT2D eigenvalue weighted by atomic mass is 16.5. The summed E-state index contributed by atoms with van der Waals surface area (Å²) >= 11 is 0. The third-order valence-corrected chi connectivity index (χ3v) is 10.9. The monoisotopic (exact) mass is 409 g/mol. The summed E-state index contributed by atoms with van der Waals surface area (Å²) in [4.78, 5) is 2.25. The van der Waals surface area contributed by atoms with Crippen LogP contribution < -0.4 is 0 Å². The molecule has 5 N–H and O–H groups in total. The third kappa shape index (κ3) is 1.61. The van der Waals surface area contributed by atoms with Gasteiger partial charge in [-0.3, -0.25) is 4.90 Å². The van der Waals surface area contributed by atoms with Gasteiger partial charge in [-0.25, -0.2) is 0 Å². The average Bonchev–Trinajstić information content (AvgIpc) is 3.04. The van der Waals surface area contributed by atoms with Crippen LogP contribution in [-0.2, 0) is 4.74 Å². The summed E-state index contributed by atoms with van der Waals surface area (Å²) in [5, 5.41) is 59.4. The van der Waals surface area contributed by atoms with Crippen molar-refractivity contribution in [3.63, 3.8) is 0 Å². The fourth-order valence-corrected chi connectivity index (χ4v) is 10.1. The zero-order valence-electron chi connectivity index (χ0n) is 17.6. The maximum atomic E-state index is 12.3. The minimum atomic E-state index is -1.87. The van der Waals surface area contributed by atoms with Crippen LogP contribution in [0, 0.1) is 28.6 Å². The number of piperidine rings is 1. The largest absolute Gasteiger partial charge is 0.392 e. The fourth-order valence-electron chi connectivity index (χ4n) is 10.1. The van der Waals surface area contributed by atoms with Crippen molar-refractivity contribution in [2.24, 2.45) is 28.6 Å². The van der Waals surface area contributed by atoms with Gasteiger partial charge < -0.3 is 30.3 Å². The highest BCUT2D eigenvalue weighted by Crippen LogP contribution is 2.80. The van der Waals surface area contributed by atoms with Crippen molar-refractivity contribution in [3.05, 3.63) is 0 Å². The Balaban J connectivity index is 1.67. The number of aliphatic hydroxyl groups is 5. The van der Waals surface area contributed by atoms with Gasteiger partial charge in [-0.2, -0.15) is 0 Å². The second kappa shape index (κ2) is 5.20. The van der Waals surface area contributed by atoms with Crippen molar-refractivity contribution in [1.82, 2.24) is 4.90 Å². The van der Waals surface area contributed by atoms with E-state index in [4.69, 9.17) is 4.74 Å². The van der Waals surface area contributed by atoms with Crippen molar-refractivity contribution in [1.29, 1.82) is 0 Å². The molecule has 0 aromatic rings. The molecule has 5 aliphatic carbocycles. The number of fused-ring (bicyclic) bond motifs is 2. The quantitative estimate of drug-likeness (QED) is 0.417. The van der Waals surface area contributed by atoms with Crippen LogP contribution in [0.25, 0.3) is 0 Å². The highest BCUT2D eigenvalue weighted by Gasteiger charge is 2.91. The molecular weight excluding hydrogens is 374 g/mol. The molecular formula is C22H35NO6. The van der Waals surface area contributed by atoms with Crippen molar-refractivity contribution >= 4 is 0 Å². The molecule has 7 bridgehead atoms. The summed E-state index contributed by atoms with van der Waals surface area (Å²) in [7, 11) is 1.57. The Labute approximate surface area is 171 Å². The minimum absolute atomic E-state index is 0.00662. The van der Waals surface area contributed by atoms with Gasteiger partial charge in [0.2, 0.25) is 0 Å². The summed E-state index contributed by atoms with van der Waals surface area (Å²) < 4.78 is 5.66. The van der Waals surface area contributed by atoms with Gasteiger partial charge in [0.15, 0.2) is 0 Å². The number of nitrogens with zero attached hydrogens (tertiary/aromatic N) is 1. The molecule has 0 aromatic carbocycles. The average molecular weight is 410 g/mol. The number of aliphatic hydroxyl groups excluding tert-OH is 2. The Hall–Kier alpha value is -0.280. The molecule has 1 saturated heterocycles. The van der Waals surface area contributed by atoms with Crippen LogP contribution in [0.3, 0.4) is 0 Å². The molecule has 0 aromatic heterocycles. The Morgan fingerprint density at radius 2 is 1.83 bits per heavy atom. The van der Waals surface area contributed by atoms with Crippen LogP contribution >= 0.6 is 0 Å². The molecule has 6 fully saturated rings. The lowest BCUT2D eigenvalue weighted by molar-refractivity contribution is -0.364. The Morgan fingerprint density at radius 3 is 2.48 bits per heavy atom. The molecule has 6 aliphatic rings. The van der Waals surface area contributed by atoms with E-state index in [0.717, 1.165) is 13.0 Å². The number of hydrogen-bond donors (Lipinski definition) is 5. The molecule has 1 heterocycles. The van der Waals surface area contributed by atoms with Gasteiger partial charge in [0.25, 0.3) is 0 Å². The molecule has 0 unspecified atom stereocenters. The first-order valence-electron chi connectivity index (χ1n) is 11.4. The van der Waals surface area contributed by atoms with E-state index in [2.05, 4.69) is 18.7 Å². The lowest BCUT2D eigenvalue weighted by atomic mass is 9.41. The molecule has 6 rings (SSSR count). The van der Waals surface area contributed by atoms with Gasteiger partial charge in [-0.05, 0) is 43.6 Å². The molecule has 5 saturated carbocycles. The zero-order chi connectivity index (χ0) is 20.8. The zero-order valence-corrected chi connectivity index (χ0v) is 17.6. The molecule has 1 aliphatic heterocycles. The second-order valence-electron chi connectivity index (χ2n) is 11.4. The topological polar surface area (TPSA) is 114 Å². The van der Waals surface area contributed by atoms with Crippen LogP contribution in [0.5, 0.6) is 0 Å². The second-order valence-corrected chi connectivity index (χ2v) is 11.4. The summed E-state index contributed by atoms with van der Waals surface area (Å²) in [6.45, 7) is 5.86. The van der Waals surface area contributed by atoms with Gasteiger partial charge in [0, 0.05) is 37.3 Å². The van der Waals surface area contributed by atoms with E-state index in [9.17, 15) is 25.5 Å². The molecule has 7 nitrogen and oxygen atoms in total. The molecule has 0 amide bonds. The lowest BCUT2D eigenvalue weighted by Gasteiger charge is -2.71. The molecule has 0 radical (unpaired) electrons. The van der Waals surface area contributed by atoms with Gasteiger partial charge in [-0.15, -0.1) is 0 Å². The van der Waals surface area contributed by atoms with E-state index in [-0.39, 0.29) is 23.7 Å². The van der Waals surface area contributed by atoms with Gasteiger partial charge >= 0.3 is 0 Å². The number of likely N-dealkylation sites (N-methyl/N-ethyl adjacent to an activating group) is 1. The summed E-state index contributed by atoms with van der Waals surface area (Å²) in [6, 6.07) is -0.426. The van der Waals surface area contributed by atoms with E-state index in [1.165, 1.54) is 0 Å². The van der Waals surface area contributed by atoms with Crippen LogP contribution in [0.2, 0.25) is 0 Å². The predicted octanol–water partition coefficient (Wildman–Crippen LogP) is -0.520. The van der Waals surface area contributed by atoms with E-state index in [0.29, 0.717) is 25.8 Å². The first-order valence-corrected chi connectivity index (χ1v) is 11.4. The summed E-state index contributed by atoms with van der Waals surface area (Å²) in [5.74, 6) is -0.766. The summed E-state index contributed by atoms with van der Waals surface area (Å²) in [5.41, 5.74) is -6.12. The van der Waals surface area contributed by atoms with Crippen LogP contribution in [0.1, 0.15) is 46.0 Å². The van der Waals surface area contributed by atoms with E-state index < -0.39 is 52.5 Å². The predicted molar refractivity (Wildman–Crippen MR) is 103 cm³/mol. The molecule has 7 heteroatoms. The van der Waals surface area contributed by atoms with Crippen molar-refractivity contribution in [3.8, 4) is 0 Å². The van der Waals surface area contributed by atoms with E-state index in [1.54, 1.807) is 7.11 Å². The normalized spacial score (nSPS) is 67.7. The van der Waals surface area contributed by atoms with E-state index >= 15 is 0 Å². The van der Waals surface area contributed by atoms with Gasteiger partial charge in [0.05, 0.1) is 24.4 Å². The molecule has 164 valence electrons. The number of rotatable bonds is 2. The van der Waals surface area contributed by atoms with Gasteiger partial charge in [0.1, 0.15) is 16.8 Å². The highest BCUT2D eigenvalue weighted by molar-refractivity contribution is 5.42. The SMILES string of the molecule is CCN1C[C@]2(C)CC[C@H](O)[C@@]34[C@@H]2C[C@@](O)([C@@H]13)[C@@]1(O)C[C@H](OC)[C@H]2C[C@@H]4[C@]1(O)[C@H]2O. The van der Waals surface area contributed by atoms with E-state index in [1.807, 2.05) is 0 Å². The van der Waals surface area contributed by atoms with Crippen molar-refractivity contribution < 1.29 is 30.3 Å². The number of hydrogen-bond acceptors (Lipinski definition) is 7.